The molecule has 1 heterocycles. The largest absolute Gasteiger partial charge is 0.314 e. The standard InChI is InChI=1S/C13H22N2/c1-10(2)14-8-11(3)7-13-6-5-12(4)15-9-13/h5-6,9-11,14H,7-8H2,1-4H3. The van der Waals surface area contributed by atoms with Gasteiger partial charge in [0.2, 0.25) is 0 Å². The zero-order valence-corrected chi connectivity index (χ0v) is 10.2. The molecule has 0 saturated carbocycles. The number of nitrogens with zero attached hydrogens (tertiary/aromatic N) is 1. The maximum absolute atomic E-state index is 4.31. The first-order chi connectivity index (χ1) is 7.08. The van der Waals surface area contributed by atoms with Crippen molar-refractivity contribution in [1.82, 2.24) is 10.3 Å². The molecule has 0 radical (unpaired) electrons. The first-order valence-corrected chi connectivity index (χ1v) is 5.73. The molecular formula is C13H22N2. The van der Waals surface area contributed by atoms with Crippen LogP contribution in [0, 0.1) is 12.8 Å². The van der Waals surface area contributed by atoms with E-state index in [1.807, 2.05) is 13.1 Å². The van der Waals surface area contributed by atoms with Gasteiger partial charge in [-0.1, -0.05) is 26.8 Å². The SMILES string of the molecule is Cc1ccc(CC(C)CNC(C)C)cn1. The van der Waals surface area contributed by atoms with Crippen LogP contribution in [0.2, 0.25) is 0 Å². The molecule has 0 aliphatic carbocycles. The molecule has 0 saturated heterocycles. The number of aromatic nitrogens is 1. The third kappa shape index (κ3) is 4.93. The van der Waals surface area contributed by atoms with Gasteiger partial charge in [-0.3, -0.25) is 4.98 Å². The summed E-state index contributed by atoms with van der Waals surface area (Å²) in [6, 6.07) is 4.83. The maximum atomic E-state index is 4.31. The van der Waals surface area contributed by atoms with E-state index < -0.39 is 0 Å². The second-order valence-electron chi connectivity index (χ2n) is 4.68. The lowest BCUT2D eigenvalue weighted by Gasteiger charge is -2.14. The van der Waals surface area contributed by atoms with Crippen LogP contribution in [-0.2, 0) is 6.42 Å². The van der Waals surface area contributed by atoms with E-state index in [2.05, 4.69) is 43.2 Å². The highest BCUT2D eigenvalue weighted by atomic mass is 14.9. The molecule has 1 N–H and O–H groups in total. The van der Waals surface area contributed by atoms with E-state index in [-0.39, 0.29) is 0 Å². The molecule has 0 amide bonds. The Hall–Kier alpha value is -0.890. The average molecular weight is 206 g/mol. The second kappa shape index (κ2) is 5.86. The number of rotatable bonds is 5. The van der Waals surface area contributed by atoms with E-state index in [0.717, 1.165) is 18.7 Å². The summed E-state index contributed by atoms with van der Waals surface area (Å²) >= 11 is 0. The van der Waals surface area contributed by atoms with Crippen LogP contribution in [0.25, 0.3) is 0 Å². The van der Waals surface area contributed by atoms with Crippen LogP contribution in [0.1, 0.15) is 32.0 Å². The normalized spacial score (nSPS) is 13.1. The van der Waals surface area contributed by atoms with Crippen molar-refractivity contribution in [3.63, 3.8) is 0 Å². The number of hydrogen-bond donors (Lipinski definition) is 1. The predicted octanol–water partition coefficient (Wildman–Crippen LogP) is 2.57. The van der Waals surface area contributed by atoms with E-state index in [9.17, 15) is 0 Å². The van der Waals surface area contributed by atoms with Crippen molar-refractivity contribution < 1.29 is 0 Å². The fraction of sp³-hybridized carbons (Fsp3) is 0.615. The van der Waals surface area contributed by atoms with Gasteiger partial charge < -0.3 is 5.32 Å². The highest BCUT2D eigenvalue weighted by Gasteiger charge is 2.04. The first kappa shape index (κ1) is 12.2. The Labute approximate surface area is 93.1 Å². The number of aryl methyl sites for hydroxylation is 1. The predicted molar refractivity (Wildman–Crippen MR) is 65.0 cm³/mol. The average Bonchev–Trinajstić information content (AvgIpc) is 2.19. The van der Waals surface area contributed by atoms with Crippen molar-refractivity contribution in [1.29, 1.82) is 0 Å². The first-order valence-electron chi connectivity index (χ1n) is 5.73. The zero-order chi connectivity index (χ0) is 11.3. The van der Waals surface area contributed by atoms with Crippen LogP contribution in [0.4, 0.5) is 0 Å². The number of hydrogen-bond acceptors (Lipinski definition) is 2. The summed E-state index contributed by atoms with van der Waals surface area (Å²) < 4.78 is 0. The lowest BCUT2D eigenvalue weighted by molar-refractivity contribution is 0.475. The summed E-state index contributed by atoms with van der Waals surface area (Å²) in [5.41, 5.74) is 2.42. The van der Waals surface area contributed by atoms with Crippen LogP contribution in [0.15, 0.2) is 18.3 Å². The van der Waals surface area contributed by atoms with Crippen molar-refractivity contribution >= 4 is 0 Å². The molecule has 15 heavy (non-hydrogen) atoms. The van der Waals surface area contributed by atoms with Crippen molar-refractivity contribution in [3.8, 4) is 0 Å². The minimum atomic E-state index is 0.573. The third-order valence-electron chi connectivity index (χ3n) is 2.43. The topological polar surface area (TPSA) is 24.9 Å². The Balaban J connectivity index is 2.37. The summed E-state index contributed by atoms with van der Waals surface area (Å²) in [4.78, 5) is 4.31. The molecule has 1 rings (SSSR count). The van der Waals surface area contributed by atoms with E-state index in [1.165, 1.54) is 5.56 Å². The molecule has 0 aliphatic heterocycles. The van der Waals surface area contributed by atoms with Crippen LogP contribution >= 0.6 is 0 Å². The Kier molecular flexibility index (Phi) is 4.76. The summed E-state index contributed by atoms with van der Waals surface area (Å²) in [6.07, 6.45) is 3.09. The fourth-order valence-electron chi connectivity index (χ4n) is 1.53. The Bertz CT molecular complexity index is 277. The molecule has 2 nitrogen and oxygen atoms in total. The highest BCUT2D eigenvalue weighted by Crippen LogP contribution is 2.07. The third-order valence-corrected chi connectivity index (χ3v) is 2.43. The van der Waals surface area contributed by atoms with Gasteiger partial charge in [-0.15, -0.1) is 0 Å². The fourth-order valence-corrected chi connectivity index (χ4v) is 1.53. The van der Waals surface area contributed by atoms with Gasteiger partial charge in [0.1, 0.15) is 0 Å². The van der Waals surface area contributed by atoms with Gasteiger partial charge in [0, 0.05) is 17.9 Å². The molecule has 1 atom stereocenters. The van der Waals surface area contributed by atoms with E-state index in [0.29, 0.717) is 12.0 Å². The molecule has 1 unspecified atom stereocenters. The Morgan fingerprint density at radius 1 is 1.27 bits per heavy atom. The molecule has 1 aromatic rings. The molecular weight excluding hydrogens is 184 g/mol. The number of nitrogens with one attached hydrogen (secondary N) is 1. The maximum Gasteiger partial charge on any atom is 0.0372 e. The molecule has 0 aromatic carbocycles. The molecule has 0 spiro atoms. The lowest BCUT2D eigenvalue weighted by atomic mass is 10.0. The molecule has 0 aliphatic rings. The van der Waals surface area contributed by atoms with Crippen molar-refractivity contribution in [2.45, 2.75) is 40.2 Å². The lowest BCUT2D eigenvalue weighted by Crippen LogP contribution is -2.28. The minimum absolute atomic E-state index is 0.573. The van der Waals surface area contributed by atoms with Crippen LogP contribution < -0.4 is 5.32 Å². The molecule has 1 aromatic heterocycles. The van der Waals surface area contributed by atoms with Crippen molar-refractivity contribution in [2.24, 2.45) is 5.92 Å². The van der Waals surface area contributed by atoms with Gasteiger partial charge in [0.25, 0.3) is 0 Å². The minimum Gasteiger partial charge on any atom is -0.314 e. The van der Waals surface area contributed by atoms with E-state index in [4.69, 9.17) is 0 Å². The molecule has 84 valence electrons. The number of pyridine rings is 1. The van der Waals surface area contributed by atoms with Gasteiger partial charge in [0.15, 0.2) is 0 Å². The van der Waals surface area contributed by atoms with Crippen LogP contribution in [-0.4, -0.2) is 17.6 Å². The summed E-state index contributed by atoms with van der Waals surface area (Å²) in [5, 5.41) is 3.46. The van der Waals surface area contributed by atoms with Gasteiger partial charge in [-0.2, -0.15) is 0 Å². The van der Waals surface area contributed by atoms with Crippen LogP contribution in [0.5, 0.6) is 0 Å². The van der Waals surface area contributed by atoms with Crippen LogP contribution in [0.3, 0.4) is 0 Å². The van der Waals surface area contributed by atoms with Crippen molar-refractivity contribution in [2.75, 3.05) is 6.54 Å². The highest BCUT2D eigenvalue weighted by molar-refractivity contribution is 5.13. The smallest absolute Gasteiger partial charge is 0.0372 e. The van der Waals surface area contributed by atoms with Gasteiger partial charge in [0.05, 0.1) is 0 Å². The molecule has 2 heteroatoms. The van der Waals surface area contributed by atoms with Gasteiger partial charge in [-0.25, -0.2) is 0 Å². The Morgan fingerprint density at radius 2 is 2.00 bits per heavy atom. The summed E-state index contributed by atoms with van der Waals surface area (Å²) in [6.45, 7) is 9.73. The quantitative estimate of drug-likeness (QED) is 0.801. The summed E-state index contributed by atoms with van der Waals surface area (Å²) in [5.74, 6) is 0.664. The van der Waals surface area contributed by atoms with E-state index >= 15 is 0 Å². The van der Waals surface area contributed by atoms with Gasteiger partial charge >= 0.3 is 0 Å². The zero-order valence-electron chi connectivity index (χ0n) is 10.2. The molecule has 0 bridgehead atoms. The molecule has 0 fully saturated rings. The monoisotopic (exact) mass is 206 g/mol. The van der Waals surface area contributed by atoms with Gasteiger partial charge in [-0.05, 0) is 37.4 Å². The summed E-state index contributed by atoms with van der Waals surface area (Å²) in [7, 11) is 0. The second-order valence-corrected chi connectivity index (χ2v) is 4.68. The van der Waals surface area contributed by atoms with Crippen molar-refractivity contribution in [3.05, 3.63) is 29.6 Å². The van der Waals surface area contributed by atoms with E-state index in [1.54, 1.807) is 0 Å². The Morgan fingerprint density at radius 3 is 2.53 bits per heavy atom.